The van der Waals surface area contributed by atoms with E-state index in [9.17, 15) is 0 Å². The Morgan fingerprint density at radius 2 is 0.891 bits per heavy atom. The van der Waals surface area contributed by atoms with Gasteiger partial charge in [-0.3, -0.25) is 0 Å². The molecule has 0 saturated heterocycles. The predicted molar refractivity (Wildman–Crippen MR) is 196 cm³/mol. The van der Waals surface area contributed by atoms with Gasteiger partial charge in [0.2, 0.25) is 0 Å². The van der Waals surface area contributed by atoms with Crippen LogP contribution in [0.2, 0.25) is 0 Å². The predicted octanol–water partition coefficient (Wildman–Crippen LogP) is 11.9. The van der Waals surface area contributed by atoms with Gasteiger partial charge in [-0.05, 0) is 87.3 Å². The zero-order valence-corrected chi connectivity index (χ0v) is 25.1. The van der Waals surface area contributed by atoms with Crippen LogP contribution in [0.3, 0.4) is 0 Å². The van der Waals surface area contributed by atoms with Crippen LogP contribution < -0.4 is 0 Å². The number of fused-ring (bicyclic) bond motifs is 9. The Bertz CT molecular complexity index is 2780. The lowest BCUT2D eigenvalue weighted by molar-refractivity contribution is 1.16. The summed E-state index contributed by atoms with van der Waals surface area (Å²) in [7, 11) is 0. The van der Waals surface area contributed by atoms with E-state index in [0.29, 0.717) is 0 Å². The molecular formula is C44H28N2. The lowest BCUT2D eigenvalue weighted by atomic mass is 10.0. The Hall–Kier alpha value is -6.12. The zero-order chi connectivity index (χ0) is 30.2. The summed E-state index contributed by atoms with van der Waals surface area (Å²) in [5.74, 6) is 0. The van der Waals surface area contributed by atoms with Crippen molar-refractivity contribution in [3.63, 3.8) is 0 Å². The molecule has 8 aromatic carbocycles. The standard InChI is InChI=1S/C44H28N2/c1-2-13-34(14-3-1)45-40-17-9-8-16-37(40)38-27-39-43(28-42(38)45)46(41-25-22-31-11-6-7-15-36(31)44(39)41)35-23-20-30(21-24-35)33-19-18-29-10-4-5-12-32(29)26-33/h1-28H. The molecule has 2 heteroatoms. The van der Waals surface area contributed by atoms with E-state index < -0.39 is 0 Å². The molecular weight excluding hydrogens is 556 g/mol. The molecule has 10 aromatic rings. The summed E-state index contributed by atoms with van der Waals surface area (Å²) >= 11 is 0. The molecule has 0 radical (unpaired) electrons. The van der Waals surface area contributed by atoms with Gasteiger partial charge in [-0.25, -0.2) is 0 Å². The molecule has 2 aromatic heterocycles. The molecule has 0 unspecified atom stereocenters. The molecule has 0 saturated carbocycles. The van der Waals surface area contributed by atoms with Gasteiger partial charge in [-0.15, -0.1) is 0 Å². The third-order valence-electron chi connectivity index (χ3n) is 9.67. The number of benzene rings is 8. The van der Waals surface area contributed by atoms with E-state index in [-0.39, 0.29) is 0 Å². The van der Waals surface area contributed by atoms with Crippen molar-refractivity contribution >= 4 is 65.2 Å². The Labute approximate surface area is 266 Å². The van der Waals surface area contributed by atoms with Crippen LogP contribution in [0.1, 0.15) is 0 Å². The first-order valence-electron chi connectivity index (χ1n) is 15.9. The van der Waals surface area contributed by atoms with Crippen LogP contribution in [-0.4, -0.2) is 9.13 Å². The molecule has 46 heavy (non-hydrogen) atoms. The van der Waals surface area contributed by atoms with Crippen LogP contribution in [0.5, 0.6) is 0 Å². The SMILES string of the molecule is c1ccc(-n2c3ccccc3c3cc4c5c6ccccc6ccc5n(-c5ccc(-c6ccc7ccccc7c6)cc5)c4cc32)cc1. The number of para-hydroxylation sites is 2. The molecule has 10 rings (SSSR count). The summed E-state index contributed by atoms with van der Waals surface area (Å²) in [5.41, 5.74) is 9.62. The first kappa shape index (κ1) is 25.2. The topological polar surface area (TPSA) is 9.86 Å². The van der Waals surface area contributed by atoms with E-state index in [4.69, 9.17) is 0 Å². The molecule has 2 nitrogen and oxygen atoms in total. The summed E-state index contributed by atoms with van der Waals surface area (Å²) < 4.78 is 4.86. The molecule has 0 atom stereocenters. The zero-order valence-electron chi connectivity index (χ0n) is 25.1. The fourth-order valence-corrected chi connectivity index (χ4v) is 7.55. The summed E-state index contributed by atoms with van der Waals surface area (Å²) in [6.07, 6.45) is 0. The van der Waals surface area contributed by atoms with E-state index in [1.54, 1.807) is 0 Å². The summed E-state index contributed by atoms with van der Waals surface area (Å²) in [6, 6.07) is 62.0. The minimum Gasteiger partial charge on any atom is -0.309 e. The minimum atomic E-state index is 1.15. The average Bonchev–Trinajstić information content (AvgIpc) is 3.63. The first-order valence-corrected chi connectivity index (χ1v) is 15.9. The van der Waals surface area contributed by atoms with E-state index in [2.05, 4.69) is 179 Å². The maximum atomic E-state index is 2.45. The fourth-order valence-electron chi connectivity index (χ4n) is 7.55. The highest BCUT2D eigenvalue weighted by Gasteiger charge is 2.19. The smallest absolute Gasteiger partial charge is 0.0562 e. The molecule has 0 aliphatic rings. The second kappa shape index (κ2) is 9.69. The third-order valence-corrected chi connectivity index (χ3v) is 9.67. The Morgan fingerprint density at radius 1 is 0.283 bits per heavy atom. The van der Waals surface area contributed by atoms with Crippen LogP contribution in [0.25, 0.3) is 87.7 Å². The maximum Gasteiger partial charge on any atom is 0.0562 e. The van der Waals surface area contributed by atoms with Crippen molar-refractivity contribution in [1.29, 1.82) is 0 Å². The van der Waals surface area contributed by atoms with Crippen LogP contribution in [-0.2, 0) is 0 Å². The Morgan fingerprint density at radius 3 is 1.74 bits per heavy atom. The fraction of sp³-hybridized carbons (Fsp3) is 0. The van der Waals surface area contributed by atoms with Gasteiger partial charge in [-0.2, -0.15) is 0 Å². The molecule has 214 valence electrons. The summed E-state index contributed by atoms with van der Waals surface area (Å²) in [6.45, 7) is 0. The number of hydrogen-bond acceptors (Lipinski definition) is 0. The van der Waals surface area contributed by atoms with Crippen LogP contribution >= 0.6 is 0 Å². The van der Waals surface area contributed by atoms with E-state index >= 15 is 0 Å². The van der Waals surface area contributed by atoms with E-state index in [1.165, 1.54) is 82.0 Å². The van der Waals surface area contributed by atoms with Gasteiger partial charge < -0.3 is 9.13 Å². The van der Waals surface area contributed by atoms with Crippen molar-refractivity contribution in [2.45, 2.75) is 0 Å². The van der Waals surface area contributed by atoms with Crippen molar-refractivity contribution in [3.05, 3.63) is 170 Å². The van der Waals surface area contributed by atoms with Gasteiger partial charge in [0, 0.05) is 32.9 Å². The van der Waals surface area contributed by atoms with Gasteiger partial charge >= 0.3 is 0 Å². The second-order valence-corrected chi connectivity index (χ2v) is 12.2. The first-order chi connectivity index (χ1) is 22.8. The van der Waals surface area contributed by atoms with Gasteiger partial charge in [0.05, 0.1) is 22.1 Å². The molecule has 0 amide bonds. The number of aromatic nitrogens is 2. The normalized spacial score (nSPS) is 11.9. The minimum absolute atomic E-state index is 1.15. The van der Waals surface area contributed by atoms with Crippen LogP contribution in [0.4, 0.5) is 0 Å². The number of rotatable bonds is 3. The van der Waals surface area contributed by atoms with Gasteiger partial charge in [0.1, 0.15) is 0 Å². The third kappa shape index (κ3) is 3.65. The molecule has 0 fully saturated rings. The van der Waals surface area contributed by atoms with Crippen molar-refractivity contribution in [2.24, 2.45) is 0 Å². The molecule has 2 heterocycles. The van der Waals surface area contributed by atoms with Crippen LogP contribution in [0.15, 0.2) is 170 Å². The second-order valence-electron chi connectivity index (χ2n) is 12.2. The summed E-state index contributed by atoms with van der Waals surface area (Å²) in [4.78, 5) is 0. The lowest BCUT2D eigenvalue weighted by Gasteiger charge is -2.11. The number of nitrogens with zero attached hydrogens (tertiary/aromatic N) is 2. The van der Waals surface area contributed by atoms with Crippen molar-refractivity contribution in [1.82, 2.24) is 9.13 Å². The lowest BCUT2D eigenvalue weighted by Crippen LogP contribution is -1.96. The number of hydrogen-bond donors (Lipinski definition) is 0. The highest BCUT2D eigenvalue weighted by atomic mass is 15.0. The van der Waals surface area contributed by atoms with Gasteiger partial charge in [0.15, 0.2) is 0 Å². The molecule has 0 bridgehead atoms. The summed E-state index contributed by atoms with van der Waals surface area (Å²) in [5, 5.41) is 10.2. The van der Waals surface area contributed by atoms with Gasteiger partial charge in [0.25, 0.3) is 0 Å². The quantitative estimate of drug-likeness (QED) is 0.195. The highest BCUT2D eigenvalue weighted by Crippen LogP contribution is 2.42. The van der Waals surface area contributed by atoms with E-state index in [0.717, 1.165) is 5.69 Å². The molecule has 0 N–H and O–H groups in total. The van der Waals surface area contributed by atoms with Gasteiger partial charge in [-0.1, -0.05) is 115 Å². The Kier molecular flexibility index (Phi) is 5.31. The molecule has 0 aliphatic heterocycles. The average molecular weight is 585 g/mol. The largest absolute Gasteiger partial charge is 0.309 e. The molecule has 0 aliphatic carbocycles. The highest BCUT2D eigenvalue weighted by molar-refractivity contribution is 6.25. The Balaban J connectivity index is 1.28. The monoisotopic (exact) mass is 584 g/mol. The molecule has 0 spiro atoms. The van der Waals surface area contributed by atoms with Crippen LogP contribution in [0, 0.1) is 0 Å². The van der Waals surface area contributed by atoms with Crippen molar-refractivity contribution in [2.75, 3.05) is 0 Å². The van der Waals surface area contributed by atoms with Crippen molar-refractivity contribution in [3.8, 4) is 22.5 Å². The van der Waals surface area contributed by atoms with Crippen molar-refractivity contribution < 1.29 is 0 Å². The van der Waals surface area contributed by atoms with E-state index in [1.807, 2.05) is 0 Å². The maximum absolute atomic E-state index is 2.45.